The topological polar surface area (TPSA) is 61.5 Å². The third kappa shape index (κ3) is 4.31. The monoisotopic (exact) mass is 175 g/mol. The lowest BCUT2D eigenvalue weighted by Gasteiger charge is -2.11. The lowest BCUT2D eigenvalue weighted by molar-refractivity contribution is -0.154. The van der Waals surface area contributed by atoms with Crippen LogP contribution in [0.3, 0.4) is 0 Å². The summed E-state index contributed by atoms with van der Waals surface area (Å²) in [5.74, 6) is -0.367. The highest BCUT2D eigenvalue weighted by molar-refractivity contribution is 5.74. The second-order valence-electron chi connectivity index (χ2n) is 2.48. The van der Waals surface area contributed by atoms with Gasteiger partial charge in [-0.2, -0.15) is 0 Å². The van der Waals surface area contributed by atoms with E-state index in [1.807, 2.05) is 6.92 Å². The van der Waals surface area contributed by atoms with Crippen molar-refractivity contribution in [2.24, 2.45) is 5.73 Å². The van der Waals surface area contributed by atoms with Crippen molar-refractivity contribution in [2.75, 3.05) is 20.3 Å². The average molecular weight is 175 g/mol. The Kier molecular flexibility index (Phi) is 6.70. The molecule has 2 N–H and O–H groups in total. The number of methoxy groups -OCH3 is 1. The maximum absolute atomic E-state index is 11.1. The van der Waals surface area contributed by atoms with E-state index in [0.29, 0.717) is 6.61 Å². The van der Waals surface area contributed by atoms with E-state index in [0.717, 1.165) is 12.8 Å². The van der Waals surface area contributed by atoms with Gasteiger partial charge in [0.15, 0.2) is 6.10 Å². The van der Waals surface area contributed by atoms with Crippen molar-refractivity contribution in [1.29, 1.82) is 0 Å². The summed E-state index contributed by atoms with van der Waals surface area (Å²) in [6, 6.07) is 0. The Balaban J connectivity index is 3.54. The van der Waals surface area contributed by atoms with E-state index in [1.54, 1.807) is 0 Å². The first-order valence-electron chi connectivity index (χ1n) is 4.15. The van der Waals surface area contributed by atoms with Gasteiger partial charge in [0.1, 0.15) is 0 Å². The third-order valence-electron chi connectivity index (χ3n) is 1.50. The van der Waals surface area contributed by atoms with Crippen molar-refractivity contribution < 1.29 is 14.3 Å². The summed E-state index contributed by atoms with van der Waals surface area (Å²) in [6.07, 6.45) is 1.28. The number of unbranched alkanes of at least 4 members (excludes halogenated alkanes) is 1. The second-order valence-corrected chi connectivity index (χ2v) is 2.48. The molecule has 0 saturated carbocycles. The molecule has 0 aliphatic rings. The van der Waals surface area contributed by atoms with Gasteiger partial charge in [-0.25, -0.2) is 4.79 Å². The van der Waals surface area contributed by atoms with E-state index in [4.69, 9.17) is 15.2 Å². The van der Waals surface area contributed by atoms with Crippen molar-refractivity contribution in [2.45, 2.75) is 25.9 Å². The first-order valence-corrected chi connectivity index (χ1v) is 4.15. The standard InChI is InChI=1S/C8H17NO3/c1-3-4-5-12-8(10)7(6-9)11-2/h7H,3-6,9H2,1-2H3. The molecule has 0 aromatic heterocycles. The summed E-state index contributed by atoms with van der Waals surface area (Å²) in [5.41, 5.74) is 5.26. The van der Waals surface area contributed by atoms with Crippen LogP contribution in [0.4, 0.5) is 0 Å². The average Bonchev–Trinajstić information content (AvgIpc) is 2.07. The lowest BCUT2D eigenvalue weighted by atomic mass is 10.3. The number of ether oxygens (including phenoxy) is 2. The molecule has 1 unspecified atom stereocenters. The van der Waals surface area contributed by atoms with Crippen molar-refractivity contribution >= 4 is 5.97 Å². The van der Waals surface area contributed by atoms with E-state index >= 15 is 0 Å². The molecular weight excluding hydrogens is 158 g/mol. The highest BCUT2D eigenvalue weighted by Crippen LogP contribution is 1.94. The Morgan fingerprint density at radius 2 is 2.25 bits per heavy atom. The second kappa shape index (κ2) is 7.06. The number of carbonyl (C=O) groups is 1. The molecule has 0 amide bonds. The van der Waals surface area contributed by atoms with Crippen LogP contribution >= 0.6 is 0 Å². The van der Waals surface area contributed by atoms with Gasteiger partial charge in [0.05, 0.1) is 6.61 Å². The summed E-state index contributed by atoms with van der Waals surface area (Å²) < 4.78 is 9.67. The number of rotatable bonds is 6. The van der Waals surface area contributed by atoms with Gasteiger partial charge in [-0.1, -0.05) is 13.3 Å². The maximum atomic E-state index is 11.1. The number of carbonyl (C=O) groups excluding carboxylic acids is 1. The molecule has 0 aliphatic heterocycles. The van der Waals surface area contributed by atoms with Gasteiger partial charge >= 0.3 is 5.97 Å². The van der Waals surface area contributed by atoms with Gasteiger partial charge in [-0.3, -0.25) is 0 Å². The molecule has 1 atom stereocenters. The normalized spacial score (nSPS) is 12.6. The Bertz CT molecular complexity index is 123. The Morgan fingerprint density at radius 1 is 1.58 bits per heavy atom. The van der Waals surface area contributed by atoms with Gasteiger partial charge < -0.3 is 15.2 Å². The molecule has 0 aliphatic carbocycles. The predicted octanol–water partition coefficient (Wildman–Crippen LogP) is 0.303. The molecule has 4 nitrogen and oxygen atoms in total. The van der Waals surface area contributed by atoms with E-state index in [9.17, 15) is 4.79 Å². The molecule has 72 valence electrons. The van der Waals surface area contributed by atoms with Gasteiger partial charge in [-0.15, -0.1) is 0 Å². The van der Waals surface area contributed by atoms with E-state index in [1.165, 1.54) is 7.11 Å². The van der Waals surface area contributed by atoms with Crippen LogP contribution in [0.1, 0.15) is 19.8 Å². The summed E-state index contributed by atoms with van der Waals surface area (Å²) in [5, 5.41) is 0. The Labute approximate surface area is 73.0 Å². The van der Waals surface area contributed by atoms with Crippen LogP contribution in [0.15, 0.2) is 0 Å². The van der Waals surface area contributed by atoms with E-state index in [2.05, 4.69) is 0 Å². The molecule has 0 spiro atoms. The maximum Gasteiger partial charge on any atom is 0.336 e. The molecule has 0 aromatic rings. The van der Waals surface area contributed by atoms with Crippen LogP contribution in [0, 0.1) is 0 Å². The highest BCUT2D eigenvalue weighted by Gasteiger charge is 2.16. The van der Waals surface area contributed by atoms with E-state index < -0.39 is 6.10 Å². The summed E-state index contributed by atoms with van der Waals surface area (Å²) in [6.45, 7) is 2.65. The largest absolute Gasteiger partial charge is 0.464 e. The van der Waals surface area contributed by atoms with Gasteiger partial charge in [0.2, 0.25) is 0 Å². The number of hydrogen-bond acceptors (Lipinski definition) is 4. The van der Waals surface area contributed by atoms with Gasteiger partial charge in [0.25, 0.3) is 0 Å². The van der Waals surface area contributed by atoms with Crippen LogP contribution in [-0.2, 0) is 14.3 Å². The molecule has 0 rings (SSSR count). The fourth-order valence-electron chi connectivity index (χ4n) is 0.699. The minimum absolute atomic E-state index is 0.168. The van der Waals surface area contributed by atoms with Crippen molar-refractivity contribution in [3.05, 3.63) is 0 Å². The third-order valence-corrected chi connectivity index (χ3v) is 1.50. The molecule has 12 heavy (non-hydrogen) atoms. The Hall–Kier alpha value is -0.610. The Morgan fingerprint density at radius 3 is 2.67 bits per heavy atom. The van der Waals surface area contributed by atoms with Crippen molar-refractivity contribution in [3.63, 3.8) is 0 Å². The zero-order valence-corrected chi connectivity index (χ0v) is 7.71. The zero-order chi connectivity index (χ0) is 9.40. The minimum atomic E-state index is -0.609. The molecule has 0 aromatic carbocycles. The number of hydrogen-bond donors (Lipinski definition) is 1. The van der Waals surface area contributed by atoms with Crippen molar-refractivity contribution in [1.82, 2.24) is 0 Å². The molecule has 0 saturated heterocycles. The molecule has 0 bridgehead atoms. The van der Waals surface area contributed by atoms with Crippen LogP contribution < -0.4 is 5.73 Å². The quantitative estimate of drug-likeness (QED) is 0.466. The zero-order valence-electron chi connectivity index (χ0n) is 7.71. The van der Waals surface area contributed by atoms with Gasteiger partial charge in [-0.05, 0) is 6.42 Å². The van der Waals surface area contributed by atoms with Crippen LogP contribution in [0.5, 0.6) is 0 Å². The molecular formula is C8H17NO3. The highest BCUT2D eigenvalue weighted by atomic mass is 16.6. The molecule has 0 heterocycles. The number of nitrogens with two attached hydrogens (primary N) is 1. The molecule has 4 heteroatoms. The lowest BCUT2D eigenvalue weighted by Crippen LogP contribution is -2.33. The summed E-state index contributed by atoms with van der Waals surface area (Å²) >= 11 is 0. The van der Waals surface area contributed by atoms with Crippen molar-refractivity contribution in [3.8, 4) is 0 Å². The van der Waals surface area contributed by atoms with Crippen LogP contribution in [0.2, 0.25) is 0 Å². The fraction of sp³-hybridized carbons (Fsp3) is 0.875. The first-order chi connectivity index (χ1) is 5.76. The fourth-order valence-corrected chi connectivity index (χ4v) is 0.699. The molecule has 0 radical (unpaired) electrons. The van der Waals surface area contributed by atoms with Crippen LogP contribution in [-0.4, -0.2) is 32.3 Å². The first kappa shape index (κ1) is 11.4. The minimum Gasteiger partial charge on any atom is -0.464 e. The smallest absolute Gasteiger partial charge is 0.336 e. The summed E-state index contributed by atoms with van der Waals surface area (Å²) in [4.78, 5) is 11.1. The summed E-state index contributed by atoms with van der Waals surface area (Å²) in [7, 11) is 1.44. The SMILES string of the molecule is CCCCOC(=O)C(CN)OC. The number of esters is 1. The van der Waals surface area contributed by atoms with Crippen LogP contribution in [0.25, 0.3) is 0 Å². The predicted molar refractivity (Wildman–Crippen MR) is 45.7 cm³/mol. The van der Waals surface area contributed by atoms with E-state index in [-0.39, 0.29) is 12.5 Å². The van der Waals surface area contributed by atoms with Gasteiger partial charge in [0, 0.05) is 13.7 Å². The molecule has 0 fully saturated rings.